The molecule has 2 saturated heterocycles. The number of amides is 2. The quantitative estimate of drug-likeness (QED) is 0.505. The summed E-state index contributed by atoms with van der Waals surface area (Å²) < 4.78 is 5.76. The zero-order valence-corrected chi connectivity index (χ0v) is 17.4. The van der Waals surface area contributed by atoms with Gasteiger partial charge >= 0.3 is 0 Å². The van der Waals surface area contributed by atoms with E-state index >= 15 is 0 Å². The molecule has 0 N–H and O–H groups in total. The highest BCUT2D eigenvalue weighted by Crippen LogP contribution is 2.52. The van der Waals surface area contributed by atoms with Crippen LogP contribution in [-0.4, -0.2) is 67.7 Å². The molecule has 3 fully saturated rings. The van der Waals surface area contributed by atoms with Crippen LogP contribution < -0.4 is 9.64 Å². The normalized spacial score (nSPS) is 30.4. The van der Waals surface area contributed by atoms with Crippen LogP contribution in [0.15, 0.2) is 36.4 Å². The van der Waals surface area contributed by atoms with Gasteiger partial charge in [-0.1, -0.05) is 24.3 Å². The van der Waals surface area contributed by atoms with E-state index in [0.29, 0.717) is 19.8 Å². The number of hydrogen-bond acceptors (Lipinski definition) is 6. The van der Waals surface area contributed by atoms with Crippen molar-refractivity contribution < 1.29 is 19.2 Å². The van der Waals surface area contributed by atoms with Gasteiger partial charge in [0.25, 0.3) is 11.8 Å². The van der Waals surface area contributed by atoms with Crippen molar-refractivity contribution in [1.82, 2.24) is 9.96 Å². The van der Waals surface area contributed by atoms with Gasteiger partial charge in [0.1, 0.15) is 5.75 Å². The molecule has 7 nitrogen and oxygen atoms in total. The van der Waals surface area contributed by atoms with Crippen LogP contribution in [0.1, 0.15) is 13.3 Å². The minimum atomic E-state index is -0.193. The average molecular weight is 412 g/mol. The molecule has 0 radical (unpaired) electrons. The number of imide groups is 1. The number of hydroxylamine groups is 2. The molecule has 2 unspecified atom stereocenters. The van der Waals surface area contributed by atoms with Crippen LogP contribution in [0.2, 0.25) is 0 Å². The van der Waals surface area contributed by atoms with Gasteiger partial charge in [-0.15, -0.1) is 0 Å². The molecule has 0 aromatic heterocycles. The van der Waals surface area contributed by atoms with E-state index in [-0.39, 0.29) is 35.5 Å². The van der Waals surface area contributed by atoms with Gasteiger partial charge in [0.15, 0.2) is 0 Å². The number of allylic oxidation sites excluding steroid dienone is 2. The van der Waals surface area contributed by atoms with E-state index in [0.717, 1.165) is 49.1 Å². The van der Waals surface area contributed by atoms with Crippen LogP contribution in [0.25, 0.3) is 0 Å². The predicted octanol–water partition coefficient (Wildman–Crippen LogP) is 1.95. The first-order valence-corrected chi connectivity index (χ1v) is 11.1. The number of nitrogens with zero attached hydrogens (tertiary/aromatic N) is 3. The molecule has 4 atom stereocenters. The fourth-order valence-electron chi connectivity index (χ4n) is 5.47. The lowest BCUT2D eigenvalue weighted by Crippen LogP contribution is -2.48. The van der Waals surface area contributed by atoms with E-state index in [2.05, 4.69) is 28.0 Å². The molecule has 2 bridgehead atoms. The Kier molecular flexibility index (Phi) is 5.25. The number of para-hydroxylation sites is 2. The zero-order valence-electron chi connectivity index (χ0n) is 17.4. The van der Waals surface area contributed by atoms with Crippen LogP contribution in [0.3, 0.4) is 0 Å². The SMILES string of the molecule is CCOc1ccccc1N1CCN(CCON2C(=O)C3C(C2=O)[C@H]2C=C[C@@H]3C2)CC1. The topological polar surface area (TPSA) is 62.3 Å². The highest BCUT2D eigenvalue weighted by Gasteiger charge is 2.60. The molecular formula is C23H29N3O4. The van der Waals surface area contributed by atoms with E-state index < -0.39 is 0 Å². The zero-order chi connectivity index (χ0) is 20.7. The summed E-state index contributed by atoms with van der Waals surface area (Å²) in [5, 5.41) is 1.07. The number of benzene rings is 1. The Hall–Kier alpha value is -2.38. The molecule has 1 aromatic carbocycles. The van der Waals surface area contributed by atoms with E-state index in [1.165, 1.54) is 0 Å². The molecule has 1 aromatic rings. The largest absolute Gasteiger partial charge is 0.492 e. The lowest BCUT2D eigenvalue weighted by molar-refractivity contribution is -0.191. The third-order valence-electron chi connectivity index (χ3n) is 6.94. The monoisotopic (exact) mass is 411 g/mol. The molecule has 1 saturated carbocycles. The van der Waals surface area contributed by atoms with Gasteiger partial charge in [-0.2, -0.15) is 5.06 Å². The number of ether oxygens (including phenoxy) is 1. The molecule has 5 rings (SSSR count). The maximum atomic E-state index is 12.7. The van der Waals surface area contributed by atoms with Gasteiger partial charge in [-0.05, 0) is 37.3 Å². The van der Waals surface area contributed by atoms with Crippen molar-refractivity contribution in [3.8, 4) is 5.75 Å². The Morgan fingerprint density at radius 3 is 2.30 bits per heavy atom. The summed E-state index contributed by atoms with van der Waals surface area (Å²) in [7, 11) is 0. The van der Waals surface area contributed by atoms with E-state index in [1.54, 1.807) is 0 Å². The predicted molar refractivity (Wildman–Crippen MR) is 112 cm³/mol. The number of fused-ring (bicyclic) bond motifs is 5. The number of carbonyl (C=O) groups excluding carboxylic acids is 2. The first-order valence-electron chi connectivity index (χ1n) is 11.1. The minimum absolute atomic E-state index is 0.140. The molecule has 2 amide bonds. The van der Waals surface area contributed by atoms with Crippen LogP contribution in [0.4, 0.5) is 5.69 Å². The Labute approximate surface area is 177 Å². The number of piperazine rings is 1. The van der Waals surface area contributed by atoms with Gasteiger partial charge in [0.2, 0.25) is 0 Å². The summed E-state index contributed by atoms with van der Waals surface area (Å²) in [4.78, 5) is 35.7. The highest BCUT2D eigenvalue weighted by atomic mass is 16.7. The van der Waals surface area contributed by atoms with Crippen LogP contribution in [0, 0.1) is 23.7 Å². The second kappa shape index (κ2) is 8.04. The molecule has 160 valence electrons. The molecule has 2 aliphatic carbocycles. The van der Waals surface area contributed by atoms with Gasteiger partial charge in [0.05, 0.1) is 30.7 Å². The summed E-state index contributed by atoms with van der Waals surface area (Å²) in [5.41, 5.74) is 1.14. The first-order chi connectivity index (χ1) is 14.7. The van der Waals surface area contributed by atoms with Crippen molar-refractivity contribution in [1.29, 1.82) is 0 Å². The summed E-state index contributed by atoms with van der Waals surface area (Å²) in [6, 6.07) is 8.16. The van der Waals surface area contributed by atoms with Crippen LogP contribution in [-0.2, 0) is 14.4 Å². The van der Waals surface area contributed by atoms with Gasteiger partial charge in [-0.3, -0.25) is 19.3 Å². The number of rotatable bonds is 7. The second-order valence-corrected chi connectivity index (χ2v) is 8.53. The van der Waals surface area contributed by atoms with E-state index in [4.69, 9.17) is 9.57 Å². The Balaban J connectivity index is 1.10. The van der Waals surface area contributed by atoms with Crippen LogP contribution >= 0.6 is 0 Å². The standard InChI is InChI=1S/C23H29N3O4/c1-2-29-19-6-4-3-5-18(19)25-11-9-24(10-12-25)13-14-30-26-22(27)20-16-7-8-17(15-16)21(20)23(26)28/h3-8,16-17,20-21H,2,9-15H2,1H3/t16-,17+,20?,21?. The molecular weight excluding hydrogens is 382 g/mol. The summed E-state index contributed by atoms with van der Waals surface area (Å²) in [6.45, 7) is 7.35. The van der Waals surface area contributed by atoms with Crippen molar-refractivity contribution in [2.75, 3.05) is 50.8 Å². The molecule has 7 heteroatoms. The maximum absolute atomic E-state index is 12.7. The van der Waals surface area contributed by atoms with Crippen molar-refractivity contribution in [3.05, 3.63) is 36.4 Å². The molecule has 2 aliphatic heterocycles. The highest BCUT2D eigenvalue weighted by molar-refractivity contribution is 6.05. The fraction of sp³-hybridized carbons (Fsp3) is 0.565. The molecule has 0 spiro atoms. The molecule has 2 heterocycles. The van der Waals surface area contributed by atoms with Crippen LogP contribution in [0.5, 0.6) is 5.75 Å². The molecule has 30 heavy (non-hydrogen) atoms. The number of anilines is 1. The van der Waals surface area contributed by atoms with E-state index in [9.17, 15) is 9.59 Å². The maximum Gasteiger partial charge on any atom is 0.258 e. The number of carbonyl (C=O) groups is 2. The van der Waals surface area contributed by atoms with Gasteiger partial charge < -0.3 is 9.64 Å². The third kappa shape index (κ3) is 3.30. The Morgan fingerprint density at radius 1 is 0.967 bits per heavy atom. The lowest BCUT2D eigenvalue weighted by Gasteiger charge is -2.36. The fourth-order valence-corrected chi connectivity index (χ4v) is 5.47. The van der Waals surface area contributed by atoms with Crippen molar-refractivity contribution >= 4 is 17.5 Å². The van der Waals surface area contributed by atoms with Crippen molar-refractivity contribution in [3.63, 3.8) is 0 Å². The number of hydrogen-bond donors (Lipinski definition) is 0. The smallest absolute Gasteiger partial charge is 0.258 e. The minimum Gasteiger partial charge on any atom is -0.492 e. The van der Waals surface area contributed by atoms with Crippen molar-refractivity contribution in [2.24, 2.45) is 23.7 Å². The third-order valence-corrected chi connectivity index (χ3v) is 6.94. The second-order valence-electron chi connectivity index (χ2n) is 8.53. The average Bonchev–Trinajstić information content (AvgIpc) is 3.45. The molecule has 4 aliphatic rings. The first kappa shape index (κ1) is 19.6. The lowest BCUT2D eigenvalue weighted by atomic mass is 9.85. The van der Waals surface area contributed by atoms with E-state index in [1.807, 2.05) is 25.1 Å². The summed E-state index contributed by atoms with van der Waals surface area (Å²) >= 11 is 0. The summed E-state index contributed by atoms with van der Waals surface area (Å²) in [5.74, 6) is 0.702. The Morgan fingerprint density at radius 2 is 1.63 bits per heavy atom. The Bertz CT molecular complexity index is 819. The van der Waals surface area contributed by atoms with Gasteiger partial charge in [0, 0.05) is 32.7 Å². The van der Waals surface area contributed by atoms with Crippen molar-refractivity contribution in [2.45, 2.75) is 13.3 Å². The van der Waals surface area contributed by atoms with Gasteiger partial charge in [-0.25, -0.2) is 0 Å². The summed E-state index contributed by atoms with van der Waals surface area (Å²) in [6.07, 6.45) is 5.14.